The predicted octanol–water partition coefficient (Wildman–Crippen LogP) is 3.56. The summed E-state index contributed by atoms with van der Waals surface area (Å²) >= 11 is 23.5. The number of carbonyl (C=O) groups is 2. The van der Waals surface area contributed by atoms with Crippen LogP contribution in [0.5, 0.6) is 0 Å². The van der Waals surface area contributed by atoms with E-state index in [2.05, 4.69) is 10.6 Å². The van der Waals surface area contributed by atoms with Crippen LogP contribution in [-0.4, -0.2) is 33.6 Å². The minimum Gasteiger partial charge on any atom is -0.356 e. The van der Waals surface area contributed by atoms with E-state index < -0.39 is 8.67 Å². The fraction of sp³-hybridized carbons (Fsp3) is 0.867. The van der Waals surface area contributed by atoms with Crippen molar-refractivity contribution in [3.63, 3.8) is 0 Å². The Kier molecular flexibility index (Phi) is 6.74. The first-order valence-corrected chi connectivity index (χ1v) is 9.51. The topological polar surface area (TPSA) is 58.2 Å². The third kappa shape index (κ3) is 6.85. The van der Waals surface area contributed by atoms with Crippen LogP contribution in [0.4, 0.5) is 0 Å². The number of hydrogen-bond acceptors (Lipinski definition) is 2. The van der Waals surface area contributed by atoms with Gasteiger partial charge in [-0.1, -0.05) is 0 Å². The summed E-state index contributed by atoms with van der Waals surface area (Å²) in [5.74, 6) is 0.183. The lowest BCUT2D eigenvalue weighted by atomic mass is 10.2. The Morgan fingerprint density at radius 3 is 1.43 bits per heavy atom. The molecule has 23 heavy (non-hydrogen) atoms. The molecule has 0 aliphatic heterocycles. The van der Waals surface area contributed by atoms with E-state index in [0.29, 0.717) is 38.8 Å². The molecule has 0 spiro atoms. The molecular weight excluding hydrogens is 382 g/mol. The third-order valence-corrected chi connectivity index (χ3v) is 6.12. The Morgan fingerprint density at radius 1 is 0.783 bits per heavy atom. The minimum absolute atomic E-state index is 0.00143. The summed E-state index contributed by atoms with van der Waals surface area (Å²) in [7, 11) is 0. The maximum Gasteiger partial charge on any atom is 0.220 e. The van der Waals surface area contributed by atoms with Crippen molar-refractivity contribution in [2.24, 2.45) is 11.8 Å². The second-order valence-electron chi connectivity index (χ2n) is 6.49. The fourth-order valence-electron chi connectivity index (χ4n) is 2.46. The maximum absolute atomic E-state index is 11.6. The Morgan fingerprint density at radius 2 is 1.13 bits per heavy atom. The van der Waals surface area contributed by atoms with Gasteiger partial charge in [0.05, 0.1) is 0 Å². The van der Waals surface area contributed by atoms with Gasteiger partial charge < -0.3 is 10.6 Å². The van der Waals surface area contributed by atoms with Crippen LogP contribution in [0.3, 0.4) is 0 Å². The lowest BCUT2D eigenvalue weighted by Gasteiger charge is -2.07. The van der Waals surface area contributed by atoms with Crippen LogP contribution < -0.4 is 10.6 Å². The number of carbonyl (C=O) groups excluding carboxylic acids is 2. The van der Waals surface area contributed by atoms with Gasteiger partial charge in [-0.25, -0.2) is 0 Å². The smallest absolute Gasteiger partial charge is 0.220 e. The van der Waals surface area contributed by atoms with Crippen molar-refractivity contribution in [2.75, 3.05) is 13.1 Å². The van der Waals surface area contributed by atoms with Crippen LogP contribution in [-0.2, 0) is 9.59 Å². The molecule has 2 aliphatic rings. The monoisotopic (exact) mass is 402 g/mol. The highest BCUT2D eigenvalue weighted by molar-refractivity contribution is 6.51. The van der Waals surface area contributed by atoms with Crippen LogP contribution in [0.2, 0.25) is 0 Å². The second-order valence-corrected chi connectivity index (χ2v) is 9.58. The van der Waals surface area contributed by atoms with Crippen molar-refractivity contribution < 1.29 is 9.59 Å². The average Bonchev–Trinajstić information content (AvgIpc) is 3.23. The van der Waals surface area contributed by atoms with Crippen molar-refractivity contribution in [1.29, 1.82) is 0 Å². The van der Waals surface area contributed by atoms with E-state index in [1.807, 2.05) is 0 Å². The van der Waals surface area contributed by atoms with Gasteiger partial charge in [-0.05, 0) is 32.1 Å². The van der Waals surface area contributed by atoms with E-state index in [9.17, 15) is 9.59 Å². The number of rotatable bonds is 10. The molecule has 8 heteroatoms. The molecule has 2 unspecified atom stereocenters. The molecule has 0 heterocycles. The van der Waals surface area contributed by atoms with Gasteiger partial charge in [0.25, 0.3) is 0 Å². The normalized spacial score (nSPS) is 26.4. The predicted molar refractivity (Wildman–Crippen MR) is 94.2 cm³/mol. The minimum atomic E-state index is -0.692. The first-order chi connectivity index (χ1) is 10.7. The molecule has 0 bridgehead atoms. The molecule has 2 rings (SSSR count). The largest absolute Gasteiger partial charge is 0.356 e. The molecule has 0 aromatic carbocycles. The Labute approximate surface area is 156 Å². The number of halogens is 4. The van der Waals surface area contributed by atoms with Gasteiger partial charge in [0, 0.05) is 37.8 Å². The summed E-state index contributed by atoms with van der Waals surface area (Å²) in [5.41, 5.74) is 0. The standard InChI is InChI=1S/C15H22Cl4N2O2/c16-14(17)8-10(14)6-12(22)20-4-2-1-3-5-21-13(23)7-11-9-15(11,18)19/h10-11H,1-9H2,(H,20,22)(H,21,23). The van der Waals surface area contributed by atoms with Crippen LogP contribution in [0.15, 0.2) is 0 Å². The van der Waals surface area contributed by atoms with Crippen molar-refractivity contribution in [1.82, 2.24) is 10.6 Å². The Bertz CT molecular complexity index is 417. The lowest BCUT2D eigenvalue weighted by Crippen LogP contribution is -2.26. The maximum atomic E-state index is 11.6. The molecule has 132 valence electrons. The number of nitrogens with one attached hydrogen (secondary N) is 2. The lowest BCUT2D eigenvalue weighted by molar-refractivity contribution is -0.122. The summed E-state index contributed by atoms with van der Waals surface area (Å²) in [6.45, 7) is 1.28. The molecule has 2 fully saturated rings. The average molecular weight is 404 g/mol. The zero-order chi connectivity index (χ0) is 17.1. The molecule has 4 nitrogen and oxygen atoms in total. The molecule has 0 aromatic heterocycles. The first kappa shape index (κ1) is 19.4. The molecule has 0 saturated heterocycles. The summed E-state index contributed by atoms with van der Waals surface area (Å²) in [5, 5.41) is 5.72. The van der Waals surface area contributed by atoms with Gasteiger partial charge in [0.2, 0.25) is 11.8 Å². The molecule has 0 radical (unpaired) electrons. The van der Waals surface area contributed by atoms with Crippen molar-refractivity contribution in [3.05, 3.63) is 0 Å². The van der Waals surface area contributed by atoms with E-state index in [0.717, 1.165) is 19.3 Å². The number of unbranched alkanes of at least 4 members (excludes halogenated alkanes) is 2. The van der Waals surface area contributed by atoms with Crippen LogP contribution in [0.25, 0.3) is 0 Å². The number of alkyl halides is 4. The molecule has 2 N–H and O–H groups in total. The highest BCUT2D eigenvalue weighted by Crippen LogP contribution is 2.55. The zero-order valence-electron chi connectivity index (χ0n) is 12.8. The summed E-state index contributed by atoms with van der Waals surface area (Å²) < 4.78 is -1.38. The zero-order valence-corrected chi connectivity index (χ0v) is 15.9. The van der Waals surface area contributed by atoms with Crippen molar-refractivity contribution in [3.8, 4) is 0 Å². The first-order valence-electron chi connectivity index (χ1n) is 8.00. The molecule has 2 aliphatic carbocycles. The molecule has 2 atom stereocenters. The summed E-state index contributed by atoms with van der Waals surface area (Å²) in [6, 6.07) is 0. The molecular formula is C15H22Cl4N2O2. The number of amides is 2. The van der Waals surface area contributed by atoms with Gasteiger partial charge >= 0.3 is 0 Å². The summed E-state index contributed by atoms with van der Waals surface area (Å²) in [6.07, 6.45) is 4.89. The van der Waals surface area contributed by atoms with Crippen LogP contribution in [0.1, 0.15) is 44.9 Å². The van der Waals surface area contributed by atoms with Gasteiger partial charge in [0.1, 0.15) is 8.67 Å². The van der Waals surface area contributed by atoms with E-state index in [1.54, 1.807) is 0 Å². The van der Waals surface area contributed by atoms with Gasteiger partial charge in [0.15, 0.2) is 0 Å². The van der Waals surface area contributed by atoms with Crippen LogP contribution in [0, 0.1) is 11.8 Å². The SMILES string of the molecule is O=C(CC1CC1(Cl)Cl)NCCCCCNC(=O)CC1CC1(Cl)Cl. The highest BCUT2D eigenvalue weighted by atomic mass is 35.5. The number of hydrogen-bond donors (Lipinski definition) is 2. The molecule has 0 aromatic rings. The second kappa shape index (κ2) is 7.99. The molecule has 2 saturated carbocycles. The molecule has 2 amide bonds. The van der Waals surface area contributed by atoms with E-state index in [1.165, 1.54) is 0 Å². The Hall–Kier alpha value is 0.1000. The third-order valence-electron chi connectivity index (χ3n) is 4.27. The van der Waals surface area contributed by atoms with Gasteiger partial charge in [-0.2, -0.15) is 0 Å². The quantitative estimate of drug-likeness (QED) is 0.432. The van der Waals surface area contributed by atoms with Gasteiger partial charge in [-0.15, -0.1) is 46.4 Å². The van der Waals surface area contributed by atoms with E-state index in [-0.39, 0.29) is 23.7 Å². The highest BCUT2D eigenvalue weighted by Gasteiger charge is 2.52. The van der Waals surface area contributed by atoms with E-state index in [4.69, 9.17) is 46.4 Å². The van der Waals surface area contributed by atoms with Crippen molar-refractivity contribution >= 4 is 58.2 Å². The van der Waals surface area contributed by atoms with E-state index >= 15 is 0 Å². The van der Waals surface area contributed by atoms with Crippen LogP contribution >= 0.6 is 46.4 Å². The van der Waals surface area contributed by atoms with Crippen molar-refractivity contribution in [2.45, 2.75) is 53.6 Å². The Balaban J connectivity index is 1.38. The summed E-state index contributed by atoms with van der Waals surface area (Å²) in [4.78, 5) is 23.2. The fourth-order valence-corrected chi connectivity index (χ4v) is 3.51. The van der Waals surface area contributed by atoms with Gasteiger partial charge in [-0.3, -0.25) is 9.59 Å².